The Hall–Kier alpha value is -3.35. The van der Waals surface area contributed by atoms with Crippen LogP contribution in [0.25, 0.3) is 0 Å². The molecule has 0 saturated heterocycles. The fourth-order valence-electron chi connectivity index (χ4n) is 2.46. The number of carbonyl (C=O) groups is 2. The quantitative estimate of drug-likeness (QED) is 0.231. The van der Waals surface area contributed by atoms with Crippen LogP contribution in [0.3, 0.4) is 0 Å². The van der Waals surface area contributed by atoms with Crippen molar-refractivity contribution in [1.29, 1.82) is 0 Å². The van der Waals surface area contributed by atoms with E-state index in [9.17, 15) is 9.59 Å². The van der Waals surface area contributed by atoms with Gasteiger partial charge < -0.3 is 9.47 Å². The van der Waals surface area contributed by atoms with Crippen LogP contribution < -0.4 is 14.9 Å². The Morgan fingerprint density at radius 2 is 1.61 bits per heavy atom. The van der Waals surface area contributed by atoms with E-state index < -0.39 is 18.0 Å². The summed E-state index contributed by atoms with van der Waals surface area (Å²) in [4.78, 5) is 24.2. The largest absolute Gasteiger partial charge is 0.481 e. The summed E-state index contributed by atoms with van der Waals surface area (Å²) in [6, 6.07) is 19.9. The molecule has 0 aliphatic heterocycles. The molecule has 0 bridgehead atoms. The van der Waals surface area contributed by atoms with Crippen molar-refractivity contribution in [2.45, 2.75) is 13.0 Å². The molecule has 8 heteroatoms. The Morgan fingerprint density at radius 3 is 2.29 bits per heavy atom. The van der Waals surface area contributed by atoms with Crippen molar-refractivity contribution >= 4 is 41.3 Å². The van der Waals surface area contributed by atoms with E-state index in [2.05, 4.69) is 10.5 Å². The van der Waals surface area contributed by atoms with Gasteiger partial charge >= 0.3 is 5.97 Å². The maximum absolute atomic E-state index is 12.1. The van der Waals surface area contributed by atoms with E-state index >= 15 is 0 Å². The number of esters is 1. The molecule has 6 nitrogen and oxygen atoms in total. The van der Waals surface area contributed by atoms with Crippen molar-refractivity contribution in [2.75, 3.05) is 0 Å². The molecule has 0 aliphatic carbocycles. The van der Waals surface area contributed by atoms with Crippen LogP contribution in [0.1, 0.15) is 22.8 Å². The number of rotatable bonds is 7. The first kappa shape index (κ1) is 22.3. The summed E-state index contributed by atoms with van der Waals surface area (Å²) in [6.07, 6.45) is 0.705. The Bertz CT molecular complexity index is 1100. The van der Waals surface area contributed by atoms with Crippen LogP contribution in [0, 0.1) is 0 Å². The van der Waals surface area contributed by atoms with E-state index in [0.29, 0.717) is 32.7 Å². The lowest BCUT2D eigenvalue weighted by Crippen LogP contribution is -2.33. The number of ether oxygens (including phenoxy) is 2. The second kappa shape index (κ2) is 10.6. The molecule has 0 aliphatic rings. The first-order valence-corrected chi connectivity index (χ1v) is 9.99. The Morgan fingerprint density at radius 1 is 0.935 bits per heavy atom. The summed E-state index contributed by atoms with van der Waals surface area (Å²) in [5.41, 5.74) is 3.47. The van der Waals surface area contributed by atoms with Gasteiger partial charge in [-0.15, -0.1) is 0 Å². The molecule has 1 amide bonds. The number of hydrogen-bond acceptors (Lipinski definition) is 5. The summed E-state index contributed by atoms with van der Waals surface area (Å²) in [5, 5.41) is 4.89. The number of amides is 1. The maximum atomic E-state index is 12.1. The third-order valence-corrected chi connectivity index (χ3v) is 4.49. The first-order chi connectivity index (χ1) is 14.9. The van der Waals surface area contributed by atoms with Crippen molar-refractivity contribution in [2.24, 2.45) is 5.10 Å². The molecule has 1 atom stereocenters. The molecule has 3 aromatic carbocycles. The predicted octanol–water partition coefficient (Wildman–Crippen LogP) is 5.13. The molecule has 0 unspecified atom stereocenters. The van der Waals surface area contributed by atoms with E-state index in [-0.39, 0.29) is 0 Å². The summed E-state index contributed by atoms with van der Waals surface area (Å²) in [7, 11) is 0. The topological polar surface area (TPSA) is 77.0 Å². The third-order valence-electron chi connectivity index (χ3n) is 4.02. The number of carbonyl (C=O) groups excluding carboxylic acids is 2. The molecule has 0 saturated carbocycles. The molecular formula is C23H18Cl2N2O4. The number of hydrogen-bond donors (Lipinski definition) is 1. The van der Waals surface area contributed by atoms with E-state index in [1.165, 1.54) is 12.3 Å². The maximum Gasteiger partial charge on any atom is 0.343 e. The second-order valence-corrected chi connectivity index (χ2v) is 7.29. The highest BCUT2D eigenvalue weighted by molar-refractivity contribution is 6.31. The van der Waals surface area contributed by atoms with Crippen LogP contribution in [-0.2, 0) is 4.79 Å². The molecule has 0 fully saturated rings. The molecule has 3 aromatic rings. The summed E-state index contributed by atoms with van der Waals surface area (Å²) < 4.78 is 10.8. The Balaban J connectivity index is 1.51. The van der Waals surface area contributed by atoms with Crippen LogP contribution in [0.2, 0.25) is 10.0 Å². The normalized spacial score (nSPS) is 11.7. The highest BCUT2D eigenvalue weighted by Gasteiger charge is 2.14. The monoisotopic (exact) mass is 456 g/mol. The van der Waals surface area contributed by atoms with Crippen LogP contribution in [0.4, 0.5) is 0 Å². The predicted molar refractivity (Wildman–Crippen MR) is 120 cm³/mol. The minimum absolute atomic E-state index is 0.356. The van der Waals surface area contributed by atoms with Crippen molar-refractivity contribution in [3.63, 3.8) is 0 Å². The zero-order valence-electron chi connectivity index (χ0n) is 16.4. The number of nitrogens with one attached hydrogen (secondary N) is 1. The first-order valence-electron chi connectivity index (χ1n) is 9.23. The SMILES string of the molecule is C[C@@H](Oc1cccc(Cl)c1)C(=O)N/N=C\c1ccc(OC(=O)c2cccc(Cl)c2)cc1. The number of benzene rings is 3. The van der Waals surface area contributed by atoms with Crippen molar-refractivity contribution in [1.82, 2.24) is 5.43 Å². The van der Waals surface area contributed by atoms with Crippen LogP contribution in [0.5, 0.6) is 11.5 Å². The zero-order valence-corrected chi connectivity index (χ0v) is 17.9. The third kappa shape index (κ3) is 6.84. The van der Waals surface area contributed by atoms with Gasteiger partial charge in [0.25, 0.3) is 5.91 Å². The number of nitrogens with zero attached hydrogens (tertiary/aromatic N) is 1. The zero-order chi connectivity index (χ0) is 22.2. The van der Waals surface area contributed by atoms with Gasteiger partial charge in [0.2, 0.25) is 0 Å². The average molecular weight is 457 g/mol. The fourth-order valence-corrected chi connectivity index (χ4v) is 2.83. The Labute approximate surface area is 189 Å². The molecular weight excluding hydrogens is 439 g/mol. The van der Waals surface area contributed by atoms with Crippen LogP contribution in [0.15, 0.2) is 77.9 Å². The summed E-state index contributed by atoms with van der Waals surface area (Å²) in [6.45, 7) is 1.61. The average Bonchev–Trinajstić information content (AvgIpc) is 2.75. The van der Waals surface area contributed by atoms with Crippen molar-refractivity contribution in [3.05, 3.63) is 94.0 Å². The van der Waals surface area contributed by atoms with Gasteiger partial charge in [0, 0.05) is 10.0 Å². The Kier molecular flexibility index (Phi) is 7.65. The van der Waals surface area contributed by atoms with E-state index in [0.717, 1.165) is 0 Å². The lowest BCUT2D eigenvalue weighted by Gasteiger charge is -2.12. The van der Waals surface area contributed by atoms with Gasteiger partial charge in [-0.25, -0.2) is 10.2 Å². The molecule has 158 valence electrons. The van der Waals surface area contributed by atoms with E-state index in [1.54, 1.807) is 73.7 Å². The molecule has 0 aromatic heterocycles. The highest BCUT2D eigenvalue weighted by atomic mass is 35.5. The van der Waals surface area contributed by atoms with Crippen molar-refractivity contribution in [3.8, 4) is 11.5 Å². The van der Waals surface area contributed by atoms with Crippen LogP contribution in [-0.4, -0.2) is 24.2 Å². The van der Waals surface area contributed by atoms with Gasteiger partial charge in [-0.05, 0) is 73.2 Å². The lowest BCUT2D eigenvalue weighted by atomic mass is 10.2. The van der Waals surface area contributed by atoms with E-state index in [1.807, 2.05) is 0 Å². The molecule has 0 spiro atoms. The minimum Gasteiger partial charge on any atom is -0.481 e. The van der Waals surface area contributed by atoms with E-state index in [4.69, 9.17) is 32.7 Å². The number of hydrazone groups is 1. The standard InChI is InChI=1S/C23H18Cl2N2O4/c1-15(30-21-7-3-6-19(25)13-21)22(28)27-26-14-16-8-10-20(11-9-16)31-23(29)17-4-2-5-18(24)12-17/h2-15H,1H3,(H,27,28)/b26-14-/t15-/m1/s1. The fraction of sp³-hybridized carbons (Fsp3) is 0.0870. The van der Waals surface area contributed by atoms with Gasteiger partial charge in [-0.1, -0.05) is 35.3 Å². The minimum atomic E-state index is -0.760. The lowest BCUT2D eigenvalue weighted by molar-refractivity contribution is -0.127. The molecule has 1 N–H and O–H groups in total. The van der Waals surface area contributed by atoms with Gasteiger partial charge in [0.1, 0.15) is 11.5 Å². The van der Waals surface area contributed by atoms with Gasteiger partial charge in [-0.3, -0.25) is 4.79 Å². The molecule has 0 radical (unpaired) electrons. The van der Waals surface area contributed by atoms with Crippen LogP contribution >= 0.6 is 23.2 Å². The summed E-state index contributed by atoms with van der Waals surface area (Å²) >= 11 is 11.8. The summed E-state index contributed by atoms with van der Waals surface area (Å²) in [5.74, 6) is -0.0649. The second-order valence-electron chi connectivity index (χ2n) is 6.42. The van der Waals surface area contributed by atoms with Crippen molar-refractivity contribution < 1.29 is 19.1 Å². The van der Waals surface area contributed by atoms with Gasteiger partial charge in [0.05, 0.1) is 11.8 Å². The highest BCUT2D eigenvalue weighted by Crippen LogP contribution is 2.18. The molecule has 0 heterocycles. The smallest absolute Gasteiger partial charge is 0.343 e. The van der Waals surface area contributed by atoms with Gasteiger partial charge in [0.15, 0.2) is 6.10 Å². The van der Waals surface area contributed by atoms with Gasteiger partial charge in [-0.2, -0.15) is 5.10 Å². The number of halogens is 2. The molecule has 3 rings (SSSR count). The molecule has 31 heavy (non-hydrogen) atoms.